The van der Waals surface area contributed by atoms with E-state index in [2.05, 4.69) is 5.32 Å². The van der Waals surface area contributed by atoms with Crippen molar-refractivity contribution in [3.05, 3.63) is 102 Å². The molecule has 0 aliphatic rings. The zero-order chi connectivity index (χ0) is 21.9. The maximum absolute atomic E-state index is 12.3. The third-order valence-electron chi connectivity index (χ3n) is 4.49. The van der Waals surface area contributed by atoms with Crippen LogP contribution < -0.4 is 10.1 Å². The van der Waals surface area contributed by atoms with Gasteiger partial charge in [-0.3, -0.25) is 4.79 Å². The Morgan fingerprint density at radius 3 is 2.42 bits per heavy atom. The molecule has 158 valence electrons. The average Bonchev–Trinajstić information content (AvgIpc) is 2.79. The van der Waals surface area contributed by atoms with E-state index in [9.17, 15) is 9.59 Å². The van der Waals surface area contributed by atoms with Crippen LogP contribution >= 0.6 is 0 Å². The van der Waals surface area contributed by atoms with Crippen molar-refractivity contribution in [3.8, 4) is 5.75 Å². The molecule has 0 spiro atoms. The second kappa shape index (κ2) is 11.4. The molecule has 5 nitrogen and oxygen atoms in total. The van der Waals surface area contributed by atoms with Gasteiger partial charge in [-0.05, 0) is 42.7 Å². The minimum Gasteiger partial charge on any atom is -0.493 e. The van der Waals surface area contributed by atoms with E-state index in [1.807, 2.05) is 85.8 Å². The van der Waals surface area contributed by atoms with Crippen molar-refractivity contribution in [2.75, 3.05) is 18.5 Å². The lowest BCUT2D eigenvalue weighted by Gasteiger charge is -2.11. The van der Waals surface area contributed by atoms with E-state index in [1.54, 1.807) is 6.08 Å². The molecular formula is C26H25NO4. The van der Waals surface area contributed by atoms with Gasteiger partial charge < -0.3 is 14.8 Å². The number of carbonyl (C=O) groups excluding carboxylic acids is 2. The molecule has 3 rings (SSSR count). The van der Waals surface area contributed by atoms with Crippen LogP contribution in [0, 0.1) is 0 Å². The fourth-order valence-corrected chi connectivity index (χ4v) is 3.05. The third kappa shape index (κ3) is 6.85. The van der Waals surface area contributed by atoms with Crippen LogP contribution in [0.1, 0.15) is 23.6 Å². The minimum absolute atomic E-state index is 0.365. The molecule has 0 saturated heterocycles. The molecule has 0 atom stereocenters. The zero-order valence-electron chi connectivity index (χ0n) is 17.4. The van der Waals surface area contributed by atoms with Gasteiger partial charge in [-0.1, -0.05) is 66.7 Å². The Bertz CT molecular complexity index is 1040. The van der Waals surface area contributed by atoms with Crippen LogP contribution in [0.25, 0.3) is 6.08 Å². The highest BCUT2D eigenvalue weighted by Crippen LogP contribution is 2.20. The molecule has 3 aromatic rings. The summed E-state index contributed by atoms with van der Waals surface area (Å²) in [7, 11) is 0. The number of anilines is 1. The molecule has 0 unspecified atom stereocenters. The standard InChI is InChI=1S/C26H25NO4/c1-2-30-24-15-9-7-12-21(24)16-17-26(29)31-19-25(28)27-23-14-8-6-13-22(23)18-20-10-4-3-5-11-20/h3-17H,2,18-19H2,1H3,(H,27,28)/b17-16+. The van der Waals surface area contributed by atoms with Crippen molar-refractivity contribution in [1.82, 2.24) is 0 Å². The van der Waals surface area contributed by atoms with Gasteiger partial charge in [0.25, 0.3) is 5.91 Å². The van der Waals surface area contributed by atoms with Crippen LogP contribution in [0.3, 0.4) is 0 Å². The summed E-state index contributed by atoms with van der Waals surface area (Å²) in [5.41, 5.74) is 3.60. The first kappa shape index (κ1) is 21.8. The molecule has 1 N–H and O–H groups in total. The van der Waals surface area contributed by atoms with Gasteiger partial charge >= 0.3 is 5.97 Å². The topological polar surface area (TPSA) is 64.6 Å². The second-order valence-electron chi connectivity index (χ2n) is 6.78. The molecule has 3 aromatic carbocycles. The van der Waals surface area contributed by atoms with Crippen LogP contribution in [-0.4, -0.2) is 25.1 Å². The second-order valence-corrected chi connectivity index (χ2v) is 6.78. The van der Waals surface area contributed by atoms with Gasteiger partial charge in [-0.25, -0.2) is 4.79 Å². The molecule has 31 heavy (non-hydrogen) atoms. The highest BCUT2D eigenvalue weighted by atomic mass is 16.5. The van der Waals surface area contributed by atoms with Crippen LogP contribution in [0.4, 0.5) is 5.69 Å². The number of carbonyl (C=O) groups is 2. The van der Waals surface area contributed by atoms with Crippen LogP contribution in [-0.2, 0) is 20.7 Å². The Balaban J connectivity index is 1.54. The van der Waals surface area contributed by atoms with Crippen molar-refractivity contribution >= 4 is 23.6 Å². The van der Waals surface area contributed by atoms with Crippen molar-refractivity contribution in [1.29, 1.82) is 0 Å². The lowest BCUT2D eigenvalue weighted by Crippen LogP contribution is -2.20. The molecule has 0 aliphatic heterocycles. The summed E-state index contributed by atoms with van der Waals surface area (Å²) in [6.45, 7) is 2.06. The van der Waals surface area contributed by atoms with E-state index < -0.39 is 11.9 Å². The molecule has 5 heteroatoms. The van der Waals surface area contributed by atoms with Crippen molar-refractivity contribution in [2.24, 2.45) is 0 Å². The molecule has 1 amide bonds. The molecule has 0 radical (unpaired) electrons. The first-order chi connectivity index (χ1) is 15.2. The van der Waals surface area contributed by atoms with E-state index in [0.717, 1.165) is 16.7 Å². The summed E-state index contributed by atoms with van der Waals surface area (Å²) in [6, 6.07) is 25.0. The summed E-state index contributed by atoms with van der Waals surface area (Å²) < 4.78 is 10.6. The Morgan fingerprint density at radius 2 is 1.61 bits per heavy atom. The first-order valence-electron chi connectivity index (χ1n) is 10.1. The largest absolute Gasteiger partial charge is 0.493 e. The predicted octanol–water partition coefficient (Wildman–Crippen LogP) is 4.87. The lowest BCUT2D eigenvalue weighted by molar-refractivity contribution is -0.142. The number of benzene rings is 3. The SMILES string of the molecule is CCOc1ccccc1/C=C/C(=O)OCC(=O)Nc1ccccc1Cc1ccccc1. The molecule has 0 aliphatic carbocycles. The molecule has 0 saturated carbocycles. The van der Waals surface area contributed by atoms with Crippen LogP contribution in [0.5, 0.6) is 5.75 Å². The molecule has 0 bridgehead atoms. The smallest absolute Gasteiger partial charge is 0.331 e. The summed E-state index contributed by atoms with van der Waals surface area (Å²) in [6.07, 6.45) is 3.59. The maximum Gasteiger partial charge on any atom is 0.331 e. The number of hydrogen-bond donors (Lipinski definition) is 1. The summed E-state index contributed by atoms with van der Waals surface area (Å²) in [5, 5.41) is 2.83. The van der Waals surface area contributed by atoms with Gasteiger partial charge in [0, 0.05) is 17.3 Å². The van der Waals surface area contributed by atoms with Gasteiger partial charge in [0.05, 0.1) is 6.61 Å². The Morgan fingerprint density at radius 1 is 0.903 bits per heavy atom. The first-order valence-corrected chi connectivity index (χ1v) is 10.1. The predicted molar refractivity (Wildman–Crippen MR) is 122 cm³/mol. The van der Waals surface area contributed by atoms with E-state index in [-0.39, 0.29) is 6.61 Å². The van der Waals surface area contributed by atoms with Gasteiger partial charge in [0.15, 0.2) is 6.61 Å². The van der Waals surface area contributed by atoms with E-state index in [4.69, 9.17) is 9.47 Å². The fraction of sp³-hybridized carbons (Fsp3) is 0.154. The molecule has 0 fully saturated rings. The van der Waals surface area contributed by atoms with Crippen LogP contribution in [0.15, 0.2) is 84.9 Å². The van der Waals surface area contributed by atoms with Crippen molar-refractivity contribution < 1.29 is 19.1 Å². The number of amides is 1. The number of rotatable bonds is 9. The monoisotopic (exact) mass is 415 g/mol. The van der Waals surface area contributed by atoms with E-state index >= 15 is 0 Å². The normalized spacial score (nSPS) is 10.6. The molecule has 0 aromatic heterocycles. The maximum atomic E-state index is 12.3. The van der Waals surface area contributed by atoms with Crippen LogP contribution in [0.2, 0.25) is 0 Å². The number of ether oxygens (including phenoxy) is 2. The Labute approximate surface area is 182 Å². The lowest BCUT2D eigenvalue weighted by atomic mass is 10.0. The van der Waals surface area contributed by atoms with E-state index in [1.165, 1.54) is 6.08 Å². The highest BCUT2D eigenvalue weighted by Gasteiger charge is 2.09. The third-order valence-corrected chi connectivity index (χ3v) is 4.49. The summed E-state index contributed by atoms with van der Waals surface area (Å²) >= 11 is 0. The van der Waals surface area contributed by atoms with Gasteiger partial charge in [0.1, 0.15) is 5.75 Å². The Hall–Kier alpha value is -3.86. The fourth-order valence-electron chi connectivity index (χ4n) is 3.05. The van der Waals surface area contributed by atoms with Crippen molar-refractivity contribution in [3.63, 3.8) is 0 Å². The quantitative estimate of drug-likeness (QED) is 0.400. The van der Waals surface area contributed by atoms with Gasteiger partial charge in [-0.15, -0.1) is 0 Å². The minimum atomic E-state index is -0.598. The number of esters is 1. The molecule has 0 heterocycles. The van der Waals surface area contributed by atoms with E-state index in [0.29, 0.717) is 24.5 Å². The van der Waals surface area contributed by atoms with Gasteiger partial charge in [0.2, 0.25) is 0 Å². The number of nitrogens with one attached hydrogen (secondary N) is 1. The average molecular weight is 415 g/mol. The van der Waals surface area contributed by atoms with Gasteiger partial charge in [-0.2, -0.15) is 0 Å². The highest BCUT2D eigenvalue weighted by molar-refractivity contribution is 5.95. The van der Waals surface area contributed by atoms with Crippen molar-refractivity contribution in [2.45, 2.75) is 13.3 Å². The summed E-state index contributed by atoms with van der Waals surface area (Å²) in [5.74, 6) is -0.308. The summed E-state index contributed by atoms with van der Waals surface area (Å²) in [4.78, 5) is 24.3. The molecular weight excluding hydrogens is 390 g/mol. The number of hydrogen-bond acceptors (Lipinski definition) is 4. The Kier molecular flexibility index (Phi) is 8.00. The number of para-hydroxylation sites is 2. The zero-order valence-corrected chi connectivity index (χ0v) is 17.4.